The van der Waals surface area contributed by atoms with E-state index < -0.39 is 24.6 Å². The lowest BCUT2D eigenvalue weighted by Crippen LogP contribution is -2.25. The summed E-state index contributed by atoms with van der Waals surface area (Å²) in [5, 5.41) is 3.29. The third kappa shape index (κ3) is 1.72. The van der Waals surface area contributed by atoms with Gasteiger partial charge >= 0.3 is 5.97 Å². The van der Waals surface area contributed by atoms with Crippen LogP contribution in [0.5, 0.6) is 0 Å². The lowest BCUT2D eigenvalue weighted by molar-refractivity contribution is -0.138. The van der Waals surface area contributed by atoms with Crippen LogP contribution in [0.15, 0.2) is 0 Å². The van der Waals surface area contributed by atoms with Gasteiger partial charge in [-0.3, -0.25) is 4.79 Å². The molecule has 0 aliphatic rings. The van der Waals surface area contributed by atoms with E-state index in [-0.39, 0.29) is 0 Å². The van der Waals surface area contributed by atoms with E-state index in [1.807, 2.05) is 0 Å². The lowest BCUT2D eigenvalue weighted by Gasteiger charge is -1.90. The Balaban J connectivity index is 5.08. The summed E-state index contributed by atoms with van der Waals surface area (Å²) in [6.07, 6.45) is 0. The Labute approximate surface area is 45.8 Å². The summed E-state index contributed by atoms with van der Waals surface area (Å²) in [6.45, 7) is -3.23. The van der Waals surface area contributed by atoms with Crippen molar-refractivity contribution < 1.29 is 18.2 Å². The van der Waals surface area contributed by atoms with Crippen molar-refractivity contribution in [2.45, 2.75) is 12.9 Å². The molecule has 0 aromatic heterocycles. The molecule has 3 N–H and O–H groups in total. The van der Waals surface area contributed by atoms with Crippen LogP contribution in [0.1, 0.15) is 12.3 Å². The van der Waals surface area contributed by atoms with E-state index in [0.717, 1.165) is 0 Å². The van der Waals surface area contributed by atoms with Crippen LogP contribution in [0.2, 0.25) is 2.82 Å². The van der Waals surface area contributed by atoms with Gasteiger partial charge in [-0.2, -0.15) is 0 Å². The molecular formula is C3H7NO2. The Morgan fingerprint density at radius 1 is 2.83 bits per heavy atom. The molecule has 0 fully saturated rings. The van der Waals surface area contributed by atoms with Crippen LogP contribution < -0.4 is 5.72 Å². The fourth-order valence-corrected chi connectivity index (χ4v) is 0. The number of carboxylic acid groups (broad SMARTS) is 1. The van der Waals surface area contributed by atoms with Gasteiger partial charge in [-0.1, -0.05) is 0 Å². The maximum absolute atomic E-state index is 10.7. The smallest absolute Gasteiger partial charge is 0.320 e. The second-order valence-electron chi connectivity index (χ2n) is 0.636. The molecule has 36 valence electrons. The molecule has 0 radical (unpaired) electrons. The predicted octanol–water partition coefficient (Wildman–Crippen LogP) is -0.582. The molecule has 0 rings (SSSR count). The zero-order valence-electron chi connectivity index (χ0n) is 9.76. The van der Waals surface area contributed by atoms with Crippen LogP contribution in [0, 0.1) is 0 Å². The van der Waals surface area contributed by atoms with Crippen molar-refractivity contribution in [2.24, 2.45) is 5.72 Å². The summed E-state index contributed by atoms with van der Waals surface area (Å²) < 4.78 is 46.5. The van der Waals surface area contributed by atoms with Crippen LogP contribution in [0.3, 0.4) is 0 Å². The molecule has 0 aromatic carbocycles. The highest BCUT2D eigenvalue weighted by Gasteiger charge is 1.99. The van der Waals surface area contributed by atoms with Gasteiger partial charge in [0.2, 0.25) is 0 Å². The molecule has 3 nitrogen and oxygen atoms in total. The minimum absolute atomic E-state index is 0.614. The van der Waals surface area contributed by atoms with E-state index in [1.54, 1.807) is 0 Å². The first-order valence-electron chi connectivity index (χ1n) is 4.43. The monoisotopic (exact) mass is 96.1 g/mol. The van der Waals surface area contributed by atoms with Crippen molar-refractivity contribution in [3.05, 3.63) is 0 Å². The van der Waals surface area contributed by atoms with E-state index >= 15 is 0 Å². The summed E-state index contributed by atoms with van der Waals surface area (Å²) in [4.78, 5) is 10.7. The van der Waals surface area contributed by atoms with E-state index in [0.29, 0.717) is 0 Å². The van der Waals surface area contributed by atoms with Crippen LogP contribution in [0.4, 0.5) is 0 Å². The maximum Gasteiger partial charge on any atom is 0.320 e. The summed E-state index contributed by atoms with van der Waals surface area (Å²) in [6, 6.07) is -3.19. The molecule has 0 aliphatic carbocycles. The van der Waals surface area contributed by atoms with Gasteiger partial charge in [-0.25, -0.2) is 0 Å². The van der Waals surface area contributed by atoms with Crippen LogP contribution in [0.25, 0.3) is 1.43 Å². The summed E-state index contributed by atoms with van der Waals surface area (Å²) in [5.74, 6) is -1.79. The SMILES string of the molecule is [2H]OC(=O)C([2H])(N([2H])[2H])C([2H])([2H])[2H]. The first-order valence-corrected chi connectivity index (χ1v) is 1.13. The minimum Gasteiger partial charge on any atom is -0.480 e. The van der Waals surface area contributed by atoms with Gasteiger partial charge in [0.1, 0.15) is 8.84 Å². The van der Waals surface area contributed by atoms with Crippen LogP contribution in [-0.4, -0.2) is 17.1 Å². The quantitative estimate of drug-likeness (QED) is 0.483. The second-order valence-corrected chi connectivity index (χ2v) is 0.636. The Morgan fingerprint density at radius 2 is 3.67 bits per heavy atom. The zero-order chi connectivity index (χ0) is 10.9. The number of nitrogens with two attached hydrogens (primary N) is 1. The van der Waals surface area contributed by atoms with Gasteiger partial charge in [-0.05, 0) is 6.85 Å². The molecule has 0 heterocycles. The molecule has 0 amide bonds. The lowest BCUT2D eigenvalue weighted by atomic mass is 10.4. The normalized spacial score (nSPS) is 37.8. The van der Waals surface area contributed by atoms with Crippen molar-refractivity contribution in [3.63, 3.8) is 0 Å². The third-order valence-corrected chi connectivity index (χ3v) is 0.193. The van der Waals surface area contributed by atoms with Gasteiger partial charge in [0.15, 0.2) is 0 Å². The molecule has 1 atom stereocenters. The van der Waals surface area contributed by atoms with Gasteiger partial charge in [0.05, 0.1) is 1.37 Å². The minimum atomic E-state index is -3.23. The number of rotatable bonds is 2. The standard InChI is InChI=1S/C3H7NO2/c1-2(4)3(5)6/h2H,4H2,1H3,(H,5,6)/i1D3,2D/hD3. The molecule has 0 aliphatic heterocycles. The fourth-order valence-electron chi connectivity index (χ4n) is 0. The largest absolute Gasteiger partial charge is 0.480 e. The van der Waals surface area contributed by atoms with E-state index in [2.05, 4.69) is 5.11 Å². The van der Waals surface area contributed by atoms with Crippen LogP contribution in [-0.2, 0) is 4.79 Å². The highest BCUT2D eigenvalue weighted by molar-refractivity contribution is 5.72. The highest BCUT2D eigenvalue weighted by Crippen LogP contribution is 1.68. The second kappa shape index (κ2) is 1.77. The van der Waals surface area contributed by atoms with Crippen molar-refractivity contribution >= 4 is 5.97 Å². The molecule has 3 heteroatoms. The van der Waals surface area contributed by atoms with Crippen molar-refractivity contribution in [2.75, 3.05) is 0 Å². The van der Waals surface area contributed by atoms with E-state index in [9.17, 15) is 4.79 Å². The molecule has 0 aromatic rings. The molecule has 0 saturated heterocycles. The van der Waals surface area contributed by atoms with Gasteiger partial charge in [0, 0.05) is 4.11 Å². The van der Waals surface area contributed by atoms with Crippen molar-refractivity contribution in [1.82, 2.24) is 0 Å². The first-order chi connectivity index (χ1) is 5.67. The average molecular weight is 96.1 g/mol. The summed E-state index contributed by atoms with van der Waals surface area (Å²) in [5.41, 5.74) is -0.614. The number of hydrogen-bond acceptors (Lipinski definition) is 3. The van der Waals surface area contributed by atoms with E-state index in [1.165, 1.54) is 0 Å². The molecule has 6 heavy (non-hydrogen) atoms. The van der Waals surface area contributed by atoms with Crippen molar-refractivity contribution in [3.8, 4) is 0 Å². The van der Waals surface area contributed by atoms with Gasteiger partial charge in [0.25, 0.3) is 1.43 Å². The van der Waals surface area contributed by atoms with Crippen molar-refractivity contribution in [1.29, 1.82) is 1.43 Å². The topological polar surface area (TPSA) is 63.3 Å². The van der Waals surface area contributed by atoms with Gasteiger partial charge in [-0.15, -0.1) is 0 Å². The fraction of sp³-hybridized carbons (Fsp3) is 0.667. The Kier molecular flexibility index (Phi) is 0.240. The Bertz CT molecular complexity index is 202. The molecule has 0 spiro atoms. The summed E-state index contributed by atoms with van der Waals surface area (Å²) >= 11 is 0. The maximum atomic E-state index is 10.7. The Morgan fingerprint density at radius 3 is 3.83 bits per heavy atom. The summed E-state index contributed by atoms with van der Waals surface area (Å²) in [7, 11) is 0. The van der Waals surface area contributed by atoms with Gasteiger partial charge < -0.3 is 10.8 Å². The third-order valence-electron chi connectivity index (χ3n) is 0.193. The molecule has 0 saturated carbocycles. The Hall–Kier alpha value is -0.570. The molecule has 0 bridgehead atoms. The first kappa shape index (κ1) is 0.816. The average Bonchev–Trinajstić information content (AvgIpc) is 1.98. The number of hydrogen-bond donors (Lipinski definition) is 2. The molecule has 1 unspecified atom stereocenters. The number of carboxylic acids is 1. The number of carbonyl (C=O) groups is 1. The predicted molar refractivity (Wildman–Crippen MR) is 21.3 cm³/mol. The highest BCUT2D eigenvalue weighted by atomic mass is 16.4. The van der Waals surface area contributed by atoms with Crippen LogP contribution >= 0.6 is 0 Å². The number of aliphatic carboxylic acids is 1. The van der Waals surface area contributed by atoms with E-state index in [4.69, 9.17) is 9.74 Å². The zero-order valence-corrected chi connectivity index (χ0v) is 2.76. The molecular weight excluding hydrogens is 82.0 g/mol.